The number of nitrogens with zero attached hydrogens (tertiary/aromatic N) is 6. The number of carbonyl (C=O) groups is 1. The molecule has 1 saturated heterocycles. The number of anilines is 3. The van der Waals surface area contributed by atoms with Crippen LogP contribution in [0.5, 0.6) is 0 Å². The molecule has 3 aromatic heterocycles. The number of morpholine rings is 1. The lowest BCUT2D eigenvalue weighted by Gasteiger charge is -2.28. The van der Waals surface area contributed by atoms with Gasteiger partial charge in [0.25, 0.3) is 0 Å². The van der Waals surface area contributed by atoms with Gasteiger partial charge in [0, 0.05) is 48.3 Å². The lowest BCUT2D eigenvalue weighted by molar-refractivity contribution is -0.123. The average Bonchev–Trinajstić information content (AvgIpc) is 2.88. The summed E-state index contributed by atoms with van der Waals surface area (Å²) in [5, 5.41) is 2.99. The molecule has 1 aromatic carbocycles. The van der Waals surface area contributed by atoms with Crippen molar-refractivity contribution in [1.82, 2.24) is 24.9 Å². The second-order valence-electron chi connectivity index (χ2n) is 9.68. The Kier molecular flexibility index (Phi) is 6.19. The van der Waals surface area contributed by atoms with Gasteiger partial charge >= 0.3 is 0 Å². The molecule has 0 unspecified atom stereocenters. The van der Waals surface area contributed by atoms with Crippen LogP contribution < -0.4 is 16.0 Å². The summed E-state index contributed by atoms with van der Waals surface area (Å²) in [7, 11) is 0. The topological polar surface area (TPSA) is 132 Å². The number of nitrogens with one attached hydrogen (secondary N) is 1. The average molecular weight is 485 g/mol. The van der Waals surface area contributed by atoms with Crippen molar-refractivity contribution < 1.29 is 9.53 Å². The van der Waals surface area contributed by atoms with Gasteiger partial charge in [-0.05, 0) is 23.8 Å². The van der Waals surface area contributed by atoms with Gasteiger partial charge in [0.15, 0.2) is 11.6 Å². The van der Waals surface area contributed by atoms with Crippen LogP contribution in [0, 0.1) is 5.41 Å². The summed E-state index contributed by atoms with van der Waals surface area (Å²) in [5.41, 5.74) is 9.76. The Balaban J connectivity index is 1.58. The van der Waals surface area contributed by atoms with Crippen molar-refractivity contribution in [3.63, 3.8) is 0 Å². The molecule has 1 fully saturated rings. The van der Waals surface area contributed by atoms with E-state index in [4.69, 9.17) is 25.4 Å². The molecule has 10 heteroatoms. The first-order chi connectivity index (χ1) is 17.3. The number of hydrogen-bond donors (Lipinski definition) is 2. The van der Waals surface area contributed by atoms with Crippen LogP contribution in [-0.2, 0) is 9.53 Å². The monoisotopic (exact) mass is 484 g/mol. The first-order valence-electron chi connectivity index (χ1n) is 11.8. The van der Waals surface area contributed by atoms with E-state index in [0.717, 1.165) is 22.6 Å². The van der Waals surface area contributed by atoms with Crippen molar-refractivity contribution in [2.75, 3.05) is 42.3 Å². The van der Waals surface area contributed by atoms with Crippen molar-refractivity contribution >= 4 is 34.4 Å². The highest BCUT2D eigenvalue weighted by atomic mass is 16.5. The molecule has 36 heavy (non-hydrogen) atoms. The molecule has 3 N–H and O–H groups in total. The number of carbonyl (C=O) groups excluding carboxylic acids is 1. The molecular formula is C26H28N8O2. The zero-order valence-corrected chi connectivity index (χ0v) is 20.5. The number of fused-ring (bicyclic) bond motifs is 1. The van der Waals surface area contributed by atoms with E-state index in [2.05, 4.69) is 20.2 Å². The molecule has 1 amide bonds. The first kappa shape index (κ1) is 23.6. The van der Waals surface area contributed by atoms with E-state index < -0.39 is 5.41 Å². The van der Waals surface area contributed by atoms with E-state index >= 15 is 0 Å². The van der Waals surface area contributed by atoms with Crippen LogP contribution in [0.2, 0.25) is 0 Å². The molecule has 184 valence electrons. The Morgan fingerprint density at radius 2 is 1.69 bits per heavy atom. The van der Waals surface area contributed by atoms with Crippen molar-refractivity contribution in [3.8, 4) is 22.5 Å². The fourth-order valence-corrected chi connectivity index (χ4v) is 3.83. The van der Waals surface area contributed by atoms with Gasteiger partial charge in [0.1, 0.15) is 5.52 Å². The Morgan fingerprint density at radius 1 is 0.972 bits per heavy atom. The second-order valence-corrected chi connectivity index (χ2v) is 9.68. The largest absolute Gasteiger partial charge is 0.378 e. The molecular weight excluding hydrogens is 456 g/mol. The summed E-state index contributed by atoms with van der Waals surface area (Å²) in [6.45, 7) is 8.32. The minimum Gasteiger partial charge on any atom is -0.378 e. The Morgan fingerprint density at radius 3 is 2.42 bits per heavy atom. The van der Waals surface area contributed by atoms with E-state index in [1.807, 2.05) is 57.3 Å². The van der Waals surface area contributed by atoms with Gasteiger partial charge in [-0.2, -0.15) is 0 Å². The number of aromatic nitrogens is 5. The van der Waals surface area contributed by atoms with Crippen molar-refractivity contribution in [3.05, 3.63) is 48.9 Å². The lowest BCUT2D eigenvalue weighted by atomic mass is 9.95. The number of pyridine rings is 1. The summed E-state index contributed by atoms with van der Waals surface area (Å²) >= 11 is 0. The third-order valence-corrected chi connectivity index (χ3v) is 5.89. The van der Waals surface area contributed by atoms with Crippen LogP contribution in [-0.4, -0.2) is 57.1 Å². The van der Waals surface area contributed by atoms with Gasteiger partial charge in [-0.15, -0.1) is 0 Å². The van der Waals surface area contributed by atoms with Crippen LogP contribution in [0.4, 0.5) is 17.5 Å². The SMILES string of the molecule is CC(C)(C)C(=O)Nc1cccc(-c2cnc3c(N4CCOCC4)nc(-c4cnc(N)nc4)nc3c2)c1. The van der Waals surface area contributed by atoms with Gasteiger partial charge in [-0.3, -0.25) is 9.78 Å². The van der Waals surface area contributed by atoms with Gasteiger partial charge in [-0.25, -0.2) is 19.9 Å². The fraction of sp³-hybridized carbons (Fsp3) is 0.308. The fourth-order valence-electron chi connectivity index (χ4n) is 3.83. The van der Waals surface area contributed by atoms with Gasteiger partial charge in [0.2, 0.25) is 11.9 Å². The molecule has 0 bridgehead atoms. The summed E-state index contributed by atoms with van der Waals surface area (Å²) in [5.74, 6) is 1.38. The maximum Gasteiger partial charge on any atom is 0.229 e. The Labute approximate surface area is 209 Å². The summed E-state index contributed by atoms with van der Waals surface area (Å²) in [4.78, 5) is 37.2. The summed E-state index contributed by atoms with van der Waals surface area (Å²) < 4.78 is 5.53. The zero-order chi connectivity index (χ0) is 25.3. The van der Waals surface area contributed by atoms with E-state index in [9.17, 15) is 4.79 Å². The highest BCUT2D eigenvalue weighted by Gasteiger charge is 2.22. The maximum atomic E-state index is 12.5. The highest BCUT2D eigenvalue weighted by molar-refractivity contribution is 5.95. The smallest absolute Gasteiger partial charge is 0.229 e. The molecule has 0 atom stereocenters. The summed E-state index contributed by atoms with van der Waals surface area (Å²) in [6.07, 6.45) is 5.04. The third kappa shape index (κ3) is 4.94. The minimum atomic E-state index is -0.491. The van der Waals surface area contributed by atoms with Crippen LogP contribution in [0.3, 0.4) is 0 Å². The Bertz CT molecular complexity index is 1410. The molecule has 0 aliphatic carbocycles. The number of benzene rings is 1. The molecule has 4 heterocycles. The number of ether oxygens (including phenoxy) is 1. The van der Waals surface area contributed by atoms with E-state index in [1.54, 1.807) is 12.4 Å². The lowest BCUT2D eigenvalue weighted by Crippen LogP contribution is -2.37. The highest BCUT2D eigenvalue weighted by Crippen LogP contribution is 2.31. The third-order valence-electron chi connectivity index (χ3n) is 5.89. The van der Waals surface area contributed by atoms with E-state index in [1.165, 1.54) is 0 Å². The van der Waals surface area contributed by atoms with Gasteiger partial charge in [-0.1, -0.05) is 32.9 Å². The van der Waals surface area contributed by atoms with Crippen LogP contribution in [0.25, 0.3) is 33.5 Å². The molecule has 5 rings (SSSR count). The quantitative estimate of drug-likeness (QED) is 0.446. The van der Waals surface area contributed by atoms with Crippen LogP contribution in [0.15, 0.2) is 48.9 Å². The van der Waals surface area contributed by atoms with E-state index in [0.29, 0.717) is 48.7 Å². The van der Waals surface area contributed by atoms with Crippen LogP contribution >= 0.6 is 0 Å². The van der Waals surface area contributed by atoms with Gasteiger partial charge < -0.3 is 20.7 Å². The minimum absolute atomic E-state index is 0.0467. The molecule has 1 aliphatic rings. The Hall–Kier alpha value is -4.18. The number of rotatable bonds is 4. The normalized spacial score (nSPS) is 14.1. The number of nitrogen functional groups attached to an aromatic ring is 1. The zero-order valence-electron chi connectivity index (χ0n) is 20.5. The predicted octanol–water partition coefficient (Wildman–Crippen LogP) is 3.55. The van der Waals surface area contributed by atoms with E-state index in [-0.39, 0.29) is 11.9 Å². The van der Waals surface area contributed by atoms with Crippen molar-refractivity contribution in [2.24, 2.45) is 5.41 Å². The van der Waals surface area contributed by atoms with Crippen molar-refractivity contribution in [1.29, 1.82) is 0 Å². The second kappa shape index (κ2) is 9.46. The van der Waals surface area contributed by atoms with Crippen LogP contribution in [0.1, 0.15) is 20.8 Å². The molecule has 0 saturated carbocycles. The number of nitrogens with two attached hydrogens (primary N) is 1. The molecule has 4 aromatic rings. The molecule has 1 aliphatic heterocycles. The molecule has 0 radical (unpaired) electrons. The standard InChI is InChI=1S/C26H28N8O2/c1-26(2,3)24(35)31-19-6-4-5-16(11-19)17-12-20-21(28-13-17)23(34-7-9-36-10-8-34)33-22(32-20)18-14-29-25(27)30-15-18/h4-6,11-15H,7-10H2,1-3H3,(H,31,35)(H2,27,29,30). The predicted molar refractivity (Wildman–Crippen MR) is 139 cm³/mol. The number of hydrogen-bond acceptors (Lipinski definition) is 9. The maximum absolute atomic E-state index is 12.5. The van der Waals surface area contributed by atoms with Crippen molar-refractivity contribution in [2.45, 2.75) is 20.8 Å². The molecule has 10 nitrogen and oxygen atoms in total. The van der Waals surface area contributed by atoms with Gasteiger partial charge in [0.05, 0.1) is 24.3 Å². The first-order valence-corrected chi connectivity index (χ1v) is 11.8. The number of amides is 1. The molecule has 0 spiro atoms. The summed E-state index contributed by atoms with van der Waals surface area (Å²) in [6, 6.07) is 9.69.